The second kappa shape index (κ2) is 5.70. The quantitative estimate of drug-likeness (QED) is 0.575. The third kappa shape index (κ3) is 3.12. The van der Waals surface area contributed by atoms with Crippen molar-refractivity contribution in [2.45, 2.75) is 13.8 Å². The van der Waals surface area contributed by atoms with Crippen LogP contribution in [0.5, 0.6) is 0 Å². The van der Waals surface area contributed by atoms with Gasteiger partial charge in [-0.2, -0.15) is 15.0 Å². The van der Waals surface area contributed by atoms with Crippen LogP contribution >= 0.6 is 0 Å². The molecule has 4 N–H and O–H groups in total. The second-order valence-electron chi connectivity index (χ2n) is 4.76. The van der Waals surface area contributed by atoms with Crippen LogP contribution in [0.25, 0.3) is 0 Å². The van der Waals surface area contributed by atoms with Gasteiger partial charge < -0.3 is 10.2 Å². The molecule has 0 aliphatic carbocycles. The lowest BCUT2D eigenvalue weighted by molar-refractivity contribution is 0.956. The summed E-state index contributed by atoms with van der Waals surface area (Å²) in [5.41, 5.74) is 5.73. The highest BCUT2D eigenvalue weighted by molar-refractivity contribution is 5.60. The average Bonchev–Trinajstić information content (AvgIpc) is 2.41. The number of aromatic nitrogens is 3. The first-order valence-electron chi connectivity index (χ1n) is 6.24. The molecule has 106 valence electrons. The average molecular weight is 273 g/mol. The Morgan fingerprint density at radius 3 is 2.35 bits per heavy atom. The van der Waals surface area contributed by atoms with Crippen molar-refractivity contribution < 1.29 is 0 Å². The maximum atomic E-state index is 5.38. The fourth-order valence-electron chi connectivity index (χ4n) is 1.76. The number of nitrogens with zero attached hydrogens (tertiary/aromatic N) is 4. The van der Waals surface area contributed by atoms with E-state index in [1.54, 1.807) is 4.90 Å². The Balaban J connectivity index is 2.34. The van der Waals surface area contributed by atoms with Gasteiger partial charge in [-0.15, -0.1) is 0 Å². The zero-order valence-electron chi connectivity index (χ0n) is 12.1. The molecule has 0 saturated heterocycles. The maximum absolute atomic E-state index is 5.38. The van der Waals surface area contributed by atoms with Gasteiger partial charge >= 0.3 is 0 Å². The highest BCUT2D eigenvalue weighted by Crippen LogP contribution is 2.20. The van der Waals surface area contributed by atoms with Gasteiger partial charge in [-0.1, -0.05) is 17.7 Å². The Labute approximate surface area is 118 Å². The Hall–Kier alpha value is -2.41. The van der Waals surface area contributed by atoms with Crippen LogP contribution in [-0.4, -0.2) is 29.0 Å². The van der Waals surface area contributed by atoms with Gasteiger partial charge in [0, 0.05) is 19.8 Å². The summed E-state index contributed by atoms with van der Waals surface area (Å²) in [4.78, 5) is 14.5. The molecule has 7 nitrogen and oxygen atoms in total. The normalized spacial score (nSPS) is 10.2. The van der Waals surface area contributed by atoms with Crippen LogP contribution in [0.4, 0.5) is 23.5 Å². The van der Waals surface area contributed by atoms with Crippen molar-refractivity contribution >= 4 is 23.5 Å². The summed E-state index contributed by atoms with van der Waals surface area (Å²) < 4.78 is 0. The summed E-state index contributed by atoms with van der Waals surface area (Å²) in [5.74, 6) is 6.67. The fourth-order valence-corrected chi connectivity index (χ4v) is 1.76. The van der Waals surface area contributed by atoms with E-state index in [0.29, 0.717) is 17.8 Å². The SMILES string of the molecule is Cc1ccc(Nc2nc(NN)nc(N(C)C)n2)c(C)c1. The van der Waals surface area contributed by atoms with Crippen LogP contribution in [0.2, 0.25) is 0 Å². The lowest BCUT2D eigenvalue weighted by Crippen LogP contribution is -2.18. The summed E-state index contributed by atoms with van der Waals surface area (Å²) in [6.07, 6.45) is 0. The van der Waals surface area contributed by atoms with Gasteiger partial charge in [0.05, 0.1) is 0 Å². The van der Waals surface area contributed by atoms with E-state index in [9.17, 15) is 0 Å². The number of hydrazine groups is 1. The van der Waals surface area contributed by atoms with Crippen molar-refractivity contribution in [2.24, 2.45) is 5.84 Å². The molecule has 7 heteroatoms. The highest BCUT2D eigenvalue weighted by Gasteiger charge is 2.08. The number of nitrogens with two attached hydrogens (primary N) is 1. The summed E-state index contributed by atoms with van der Waals surface area (Å²) in [6.45, 7) is 4.09. The third-order valence-electron chi connectivity index (χ3n) is 2.78. The number of anilines is 4. The van der Waals surface area contributed by atoms with Crippen molar-refractivity contribution in [2.75, 3.05) is 29.7 Å². The van der Waals surface area contributed by atoms with Gasteiger partial charge in [-0.25, -0.2) is 5.84 Å². The number of rotatable bonds is 4. The van der Waals surface area contributed by atoms with Gasteiger partial charge in [0.1, 0.15) is 0 Å². The zero-order valence-corrected chi connectivity index (χ0v) is 12.1. The highest BCUT2D eigenvalue weighted by atomic mass is 15.4. The molecule has 2 aromatic rings. The van der Waals surface area contributed by atoms with Gasteiger partial charge in [0.25, 0.3) is 0 Å². The molecule has 0 bridgehead atoms. The number of hydrogen-bond acceptors (Lipinski definition) is 7. The van der Waals surface area contributed by atoms with E-state index in [4.69, 9.17) is 5.84 Å². The van der Waals surface area contributed by atoms with Gasteiger partial charge in [-0.05, 0) is 25.5 Å². The lowest BCUT2D eigenvalue weighted by atomic mass is 10.1. The molecule has 1 heterocycles. The van der Waals surface area contributed by atoms with E-state index in [1.807, 2.05) is 33.2 Å². The molecule has 0 aliphatic heterocycles. The third-order valence-corrected chi connectivity index (χ3v) is 2.78. The zero-order chi connectivity index (χ0) is 14.7. The van der Waals surface area contributed by atoms with E-state index in [0.717, 1.165) is 11.3 Å². The molecule has 20 heavy (non-hydrogen) atoms. The topological polar surface area (TPSA) is 92.0 Å². The molecule has 0 aliphatic rings. The predicted octanol–water partition coefficient (Wildman–Crippen LogP) is 1.58. The molecule has 2 rings (SSSR count). The molecule has 0 unspecified atom stereocenters. The van der Waals surface area contributed by atoms with E-state index in [1.165, 1.54) is 5.56 Å². The molecule has 0 amide bonds. The minimum Gasteiger partial charge on any atom is -0.347 e. The standard InChI is InChI=1S/C13H19N7/c1-8-5-6-10(9(2)7-8)15-11-16-12(19-14)18-13(17-11)20(3)4/h5-7H,14H2,1-4H3,(H2,15,16,17,18,19). The predicted molar refractivity (Wildman–Crippen MR) is 81.2 cm³/mol. The summed E-state index contributed by atoms with van der Waals surface area (Å²) in [5, 5.41) is 3.18. The van der Waals surface area contributed by atoms with Gasteiger partial charge in [-0.3, -0.25) is 5.43 Å². The molecule has 1 aromatic heterocycles. The minimum absolute atomic E-state index is 0.316. The second-order valence-corrected chi connectivity index (χ2v) is 4.76. The van der Waals surface area contributed by atoms with Gasteiger partial charge in [0.2, 0.25) is 17.8 Å². The van der Waals surface area contributed by atoms with Crippen molar-refractivity contribution in [1.29, 1.82) is 0 Å². The van der Waals surface area contributed by atoms with E-state index in [-0.39, 0.29) is 0 Å². The number of aryl methyl sites for hydroxylation is 2. The van der Waals surface area contributed by atoms with Crippen LogP contribution in [-0.2, 0) is 0 Å². The molecule has 1 aromatic carbocycles. The largest absolute Gasteiger partial charge is 0.347 e. The van der Waals surface area contributed by atoms with Crippen molar-refractivity contribution in [3.8, 4) is 0 Å². The summed E-state index contributed by atoms with van der Waals surface area (Å²) >= 11 is 0. The van der Waals surface area contributed by atoms with E-state index in [2.05, 4.69) is 38.7 Å². The van der Waals surface area contributed by atoms with E-state index >= 15 is 0 Å². The molecule has 0 saturated carbocycles. The molecular weight excluding hydrogens is 254 g/mol. The first kappa shape index (κ1) is 14.0. The molecule has 0 atom stereocenters. The van der Waals surface area contributed by atoms with Crippen molar-refractivity contribution in [1.82, 2.24) is 15.0 Å². The lowest BCUT2D eigenvalue weighted by Gasteiger charge is -2.14. The smallest absolute Gasteiger partial charge is 0.243 e. The Bertz CT molecular complexity index is 610. The fraction of sp³-hybridized carbons (Fsp3) is 0.308. The number of nitrogens with one attached hydrogen (secondary N) is 2. The van der Waals surface area contributed by atoms with Crippen LogP contribution < -0.4 is 21.5 Å². The van der Waals surface area contributed by atoms with Crippen LogP contribution in [0.15, 0.2) is 18.2 Å². The number of benzene rings is 1. The molecular formula is C13H19N7. The van der Waals surface area contributed by atoms with Crippen LogP contribution in [0.3, 0.4) is 0 Å². The number of hydrogen-bond donors (Lipinski definition) is 3. The summed E-state index contributed by atoms with van der Waals surface area (Å²) in [7, 11) is 3.72. The van der Waals surface area contributed by atoms with Crippen LogP contribution in [0, 0.1) is 13.8 Å². The van der Waals surface area contributed by atoms with E-state index < -0.39 is 0 Å². The van der Waals surface area contributed by atoms with Crippen molar-refractivity contribution in [3.63, 3.8) is 0 Å². The Morgan fingerprint density at radius 1 is 1.05 bits per heavy atom. The molecule has 0 radical (unpaired) electrons. The first-order chi connectivity index (χ1) is 9.49. The summed E-state index contributed by atoms with van der Waals surface area (Å²) in [6, 6.07) is 6.13. The van der Waals surface area contributed by atoms with Gasteiger partial charge in [0.15, 0.2) is 0 Å². The maximum Gasteiger partial charge on any atom is 0.243 e. The van der Waals surface area contributed by atoms with Crippen LogP contribution in [0.1, 0.15) is 11.1 Å². The van der Waals surface area contributed by atoms with Crippen molar-refractivity contribution in [3.05, 3.63) is 29.3 Å². The Morgan fingerprint density at radius 2 is 1.75 bits per heavy atom. The Kier molecular flexibility index (Phi) is 3.99. The molecule has 0 fully saturated rings. The number of nitrogen functional groups attached to an aromatic ring is 1. The molecule has 0 spiro atoms. The minimum atomic E-state index is 0.316. The first-order valence-corrected chi connectivity index (χ1v) is 6.24. The monoisotopic (exact) mass is 273 g/mol.